The van der Waals surface area contributed by atoms with Gasteiger partial charge in [0.25, 0.3) is 11.7 Å². The standard InChI is InChI=1S/C25H32N6O3S/c1-16-14-17(2)31-22(26-16)28-23(29-31)35-15-18-8-6-7-9-20(18)21(32)30-12-10-19(11-13-30)27-24(33)34-25(3,4)5/h6-9,14,19H,10-13,15H2,1-5H3,(H,27,33). The number of nitrogens with zero attached hydrogens (tertiary/aromatic N) is 5. The lowest BCUT2D eigenvalue weighted by atomic mass is 10.0. The molecule has 0 unspecified atom stereocenters. The molecular weight excluding hydrogens is 464 g/mol. The van der Waals surface area contributed by atoms with Gasteiger partial charge in [0.05, 0.1) is 0 Å². The Labute approximate surface area is 209 Å². The van der Waals surface area contributed by atoms with Gasteiger partial charge in [-0.2, -0.15) is 4.98 Å². The van der Waals surface area contributed by atoms with E-state index in [4.69, 9.17) is 4.74 Å². The molecule has 0 aliphatic carbocycles. The molecular formula is C25H32N6O3S. The lowest BCUT2D eigenvalue weighted by Crippen LogP contribution is -2.47. The van der Waals surface area contributed by atoms with Crippen LogP contribution < -0.4 is 5.32 Å². The smallest absolute Gasteiger partial charge is 0.407 e. The van der Waals surface area contributed by atoms with Crippen LogP contribution in [-0.4, -0.2) is 61.2 Å². The van der Waals surface area contributed by atoms with E-state index in [0.717, 1.165) is 17.0 Å². The Morgan fingerprint density at radius 2 is 1.86 bits per heavy atom. The third-order valence-electron chi connectivity index (χ3n) is 5.71. The maximum atomic E-state index is 13.3. The summed E-state index contributed by atoms with van der Waals surface area (Å²) in [5.41, 5.74) is 2.98. The largest absolute Gasteiger partial charge is 0.444 e. The molecule has 1 aliphatic heterocycles. The van der Waals surface area contributed by atoms with E-state index in [1.165, 1.54) is 11.8 Å². The minimum Gasteiger partial charge on any atom is -0.444 e. The average molecular weight is 497 g/mol. The first kappa shape index (κ1) is 25.0. The van der Waals surface area contributed by atoms with Crippen LogP contribution in [0.1, 0.15) is 60.9 Å². The fourth-order valence-electron chi connectivity index (χ4n) is 4.08. The van der Waals surface area contributed by atoms with Crippen molar-refractivity contribution in [1.82, 2.24) is 29.8 Å². The van der Waals surface area contributed by atoms with Gasteiger partial charge in [-0.1, -0.05) is 30.0 Å². The summed E-state index contributed by atoms with van der Waals surface area (Å²) in [6.07, 6.45) is 0.975. The zero-order chi connectivity index (χ0) is 25.2. The monoisotopic (exact) mass is 496 g/mol. The van der Waals surface area contributed by atoms with Gasteiger partial charge in [-0.05, 0) is 65.2 Å². The number of fused-ring (bicyclic) bond motifs is 1. The van der Waals surface area contributed by atoms with Crippen LogP contribution in [0.15, 0.2) is 35.5 Å². The number of amides is 2. The van der Waals surface area contributed by atoms with E-state index in [1.54, 1.807) is 4.52 Å². The van der Waals surface area contributed by atoms with Crippen molar-refractivity contribution in [3.63, 3.8) is 0 Å². The molecule has 1 aromatic carbocycles. The zero-order valence-corrected chi connectivity index (χ0v) is 21.7. The number of likely N-dealkylation sites (tertiary alicyclic amines) is 1. The van der Waals surface area contributed by atoms with Gasteiger partial charge in [0.2, 0.25) is 5.16 Å². The van der Waals surface area contributed by atoms with Crippen molar-refractivity contribution in [3.05, 3.63) is 52.8 Å². The van der Waals surface area contributed by atoms with Gasteiger partial charge in [0.15, 0.2) is 0 Å². The highest BCUT2D eigenvalue weighted by molar-refractivity contribution is 7.98. The molecule has 9 nitrogen and oxygen atoms in total. The van der Waals surface area contributed by atoms with E-state index in [1.807, 2.05) is 69.9 Å². The summed E-state index contributed by atoms with van der Waals surface area (Å²) < 4.78 is 7.08. The summed E-state index contributed by atoms with van der Waals surface area (Å²) in [5, 5.41) is 8.10. The number of carbonyl (C=O) groups excluding carboxylic acids is 2. The highest BCUT2D eigenvalue weighted by Crippen LogP contribution is 2.24. The molecule has 1 aliphatic rings. The van der Waals surface area contributed by atoms with Crippen LogP contribution in [0.3, 0.4) is 0 Å². The molecule has 1 fully saturated rings. The van der Waals surface area contributed by atoms with Gasteiger partial charge in [-0.15, -0.1) is 5.10 Å². The number of carbonyl (C=O) groups is 2. The molecule has 2 amide bonds. The number of piperidine rings is 1. The molecule has 35 heavy (non-hydrogen) atoms. The summed E-state index contributed by atoms with van der Waals surface area (Å²) in [6, 6.07) is 9.64. The van der Waals surface area contributed by atoms with E-state index in [2.05, 4.69) is 20.4 Å². The van der Waals surface area contributed by atoms with E-state index >= 15 is 0 Å². The average Bonchev–Trinajstić information content (AvgIpc) is 3.20. The number of benzene rings is 1. The fraction of sp³-hybridized carbons (Fsp3) is 0.480. The summed E-state index contributed by atoms with van der Waals surface area (Å²) in [4.78, 5) is 36.2. The Hall–Kier alpha value is -3.14. The molecule has 0 radical (unpaired) electrons. The normalized spacial score (nSPS) is 14.8. The van der Waals surface area contributed by atoms with Crippen molar-refractivity contribution < 1.29 is 14.3 Å². The minimum absolute atomic E-state index is 0.00141. The molecule has 1 saturated heterocycles. The second kappa shape index (κ2) is 10.2. The third-order valence-corrected chi connectivity index (χ3v) is 6.59. The Morgan fingerprint density at radius 1 is 1.14 bits per heavy atom. The number of alkyl carbamates (subject to hydrolysis) is 1. The zero-order valence-electron chi connectivity index (χ0n) is 20.9. The molecule has 10 heteroatoms. The topological polar surface area (TPSA) is 102 Å². The van der Waals surface area contributed by atoms with Gasteiger partial charge in [-0.25, -0.2) is 14.3 Å². The molecule has 0 bridgehead atoms. The lowest BCUT2D eigenvalue weighted by Gasteiger charge is -2.33. The van der Waals surface area contributed by atoms with Crippen molar-refractivity contribution in [1.29, 1.82) is 0 Å². The quantitative estimate of drug-likeness (QED) is 0.529. The first-order chi connectivity index (χ1) is 16.6. The molecule has 0 saturated carbocycles. The number of aromatic nitrogens is 4. The number of aryl methyl sites for hydroxylation is 2. The highest BCUT2D eigenvalue weighted by Gasteiger charge is 2.27. The molecule has 3 heterocycles. The molecule has 2 aromatic heterocycles. The van der Waals surface area contributed by atoms with Gasteiger partial charge >= 0.3 is 6.09 Å². The molecule has 0 spiro atoms. The number of thioether (sulfide) groups is 1. The molecule has 0 atom stereocenters. The van der Waals surface area contributed by atoms with E-state index in [-0.39, 0.29) is 11.9 Å². The summed E-state index contributed by atoms with van der Waals surface area (Å²) in [7, 11) is 0. The highest BCUT2D eigenvalue weighted by atomic mass is 32.2. The number of hydrogen-bond donors (Lipinski definition) is 1. The third kappa shape index (κ3) is 6.30. The SMILES string of the molecule is Cc1cc(C)n2nc(SCc3ccccc3C(=O)N3CCC(NC(=O)OC(C)(C)C)CC3)nc2n1. The Morgan fingerprint density at radius 3 is 2.57 bits per heavy atom. The van der Waals surface area contributed by atoms with Gasteiger partial charge in [-0.3, -0.25) is 4.79 Å². The molecule has 186 valence electrons. The lowest BCUT2D eigenvalue weighted by molar-refractivity contribution is 0.0473. The van der Waals surface area contributed by atoms with Crippen molar-refractivity contribution >= 4 is 29.5 Å². The number of rotatable bonds is 5. The summed E-state index contributed by atoms with van der Waals surface area (Å²) >= 11 is 1.49. The summed E-state index contributed by atoms with van der Waals surface area (Å²) in [5.74, 6) is 1.17. The number of nitrogens with one attached hydrogen (secondary N) is 1. The Kier molecular flexibility index (Phi) is 7.30. The predicted octanol–water partition coefficient (Wildman–Crippen LogP) is 4.16. The molecule has 1 N–H and O–H groups in total. The number of ether oxygens (including phenoxy) is 1. The minimum atomic E-state index is -0.532. The fourth-order valence-corrected chi connectivity index (χ4v) is 4.90. The van der Waals surface area contributed by atoms with Gasteiger partial charge in [0.1, 0.15) is 5.60 Å². The maximum absolute atomic E-state index is 13.3. The predicted molar refractivity (Wildman–Crippen MR) is 135 cm³/mol. The van der Waals surface area contributed by atoms with Crippen LogP contribution in [0.4, 0.5) is 4.79 Å². The van der Waals surface area contributed by atoms with Crippen LogP contribution in [-0.2, 0) is 10.5 Å². The van der Waals surface area contributed by atoms with E-state index in [9.17, 15) is 9.59 Å². The van der Waals surface area contributed by atoms with Crippen LogP contribution in [0.25, 0.3) is 5.78 Å². The van der Waals surface area contributed by atoms with Crippen LogP contribution >= 0.6 is 11.8 Å². The van der Waals surface area contributed by atoms with Crippen molar-refractivity contribution in [2.24, 2.45) is 0 Å². The van der Waals surface area contributed by atoms with Gasteiger partial charge in [0, 0.05) is 41.8 Å². The second-order valence-corrected chi connectivity index (χ2v) is 10.7. The van der Waals surface area contributed by atoms with Gasteiger partial charge < -0.3 is 15.0 Å². The maximum Gasteiger partial charge on any atom is 0.407 e. The van der Waals surface area contributed by atoms with E-state index in [0.29, 0.717) is 48.2 Å². The van der Waals surface area contributed by atoms with Crippen LogP contribution in [0, 0.1) is 13.8 Å². The van der Waals surface area contributed by atoms with Crippen LogP contribution in [0.2, 0.25) is 0 Å². The molecule has 4 rings (SSSR count). The summed E-state index contributed by atoms with van der Waals surface area (Å²) in [6.45, 7) is 10.6. The molecule has 3 aromatic rings. The van der Waals surface area contributed by atoms with E-state index < -0.39 is 11.7 Å². The van der Waals surface area contributed by atoms with Crippen molar-refractivity contribution in [2.75, 3.05) is 13.1 Å². The van der Waals surface area contributed by atoms with Crippen molar-refractivity contribution in [3.8, 4) is 0 Å². The first-order valence-corrected chi connectivity index (χ1v) is 12.8. The van der Waals surface area contributed by atoms with Crippen molar-refractivity contribution in [2.45, 2.75) is 70.0 Å². The van der Waals surface area contributed by atoms with Crippen LogP contribution in [0.5, 0.6) is 0 Å². The Bertz CT molecular complexity index is 1230. The number of hydrogen-bond acceptors (Lipinski definition) is 7. The Balaban J connectivity index is 1.37. The second-order valence-electron chi connectivity index (χ2n) is 9.80. The first-order valence-electron chi connectivity index (χ1n) is 11.8.